The van der Waals surface area contributed by atoms with Gasteiger partial charge in [-0.3, -0.25) is 0 Å². The minimum atomic E-state index is 0.980. The Labute approximate surface area is 228 Å². The summed E-state index contributed by atoms with van der Waals surface area (Å²) >= 11 is 0. The number of nitrogens with zero attached hydrogens (tertiary/aromatic N) is 2. The molecule has 0 amide bonds. The van der Waals surface area contributed by atoms with E-state index in [1.165, 1.54) is 173 Å². The van der Waals surface area contributed by atoms with Crippen molar-refractivity contribution in [3.63, 3.8) is 0 Å². The molecule has 0 bridgehead atoms. The maximum absolute atomic E-state index is 4.32. The van der Waals surface area contributed by atoms with Gasteiger partial charge in [0.25, 0.3) is 0 Å². The Balaban J connectivity index is 2.04. The molecule has 1 atom stereocenters. The van der Waals surface area contributed by atoms with Gasteiger partial charge in [-0.1, -0.05) is 191 Å². The molecular formula is C34H65N2+. The number of hydrogen-bond acceptors (Lipinski definition) is 2. The van der Waals surface area contributed by atoms with Gasteiger partial charge in [-0.05, 0) is 12.3 Å². The van der Waals surface area contributed by atoms with Crippen LogP contribution in [0.2, 0.25) is 0 Å². The summed E-state index contributed by atoms with van der Waals surface area (Å²) in [5.41, 5.74) is 0. The summed E-state index contributed by atoms with van der Waals surface area (Å²) in [4.78, 5) is 8.64. The molecule has 1 aliphatic rings. The highest BCUT2D eigenvalue weighted by molar-refractivity contribution is 6.18. The molecule has 2 nitrogen and oxygen atoms in total. The molecule has 0 radical (unpaired) electrons. The number of unbranched alkanes of at least 4 members (excludes halogenated alkanes) is 21. The van der Waals surface area contributed by atoms with E-state index in [0.29, 0.717) is 0 Å². The van der Waals surface area contributed by atoms with Crippen LogP contribution in [0.3, 0.4) is 0 Å². The fraction of sp³-hybridized carbons (Fsp3) is 0.912. The van der Waals surface area contributed by atoms with Crippen molar-refractivity contribution < 1.29 is 0 Å². The second-order valence-electron chi connectivity index (χ2n) is 11.7. The molecule has 210 valence electrons. The summed E-state index contributed by atoms with van der Waals surface area (Å²) in [6.45, 7) is 4.62. The summed E-state index contributed by atoms with van der Waals surface area (Å²) in [6, 6.07) is 0. The Morgan fingerprint density at radius 2 is 0.722 bits per heavy atom. The first kappa shape index (κ1) is 33.2. The molecular weight excluding hydrogens is 436 g/mol. The fourth-order valence-electron chi connectivity index (χ4n) is 5.74. The van der Waals surface area contributed by atoms with E-state index < -0.39 is 0 Å². The Kier molecular flexibility index (Phi) is 25.2. The first-order chi connectivity index (χ1) is 17.9. The van der Waals surface area contributed by atoms with Crippen LogP contribution >= 0.6 is 0 Å². The molecule has 0 saturated carbocycles. The molecule has 0 saturated heterocycles. The molecule has 0 aromatic rings. The van der Waals surface area contributed by atoms with Crippen molar-refractivity contribution in [3.8, 4) is 0 Å². The van der Waals surface area contributed by atoms with Crippen LogP contribution < -0.4 is 0 Å². The lowest BCUT2D eigenvalue weighted by atomic mass is 9.89. The van der Waals surface area contributed by atoms with Crippen LogP contribution in [-0.2, 0) is 0 Å². The van der Waals surface area contributed by atoms with E-state index in [2.05, 4.69) is 23.8 Å². The molecule has 36 heavy (non-hydrogen) atoms. The van der Waals surface area contributed by atoms with Crippen LogP contribution in [0.1, 0.15) is 194 Å². The van der Waals surface area contributed by atoms with E-state index in [9.17, 15) is 0 Å². The van der Waals surface area contributed by atoms with Gasteiger partial charge in [0, 0.05) is 0 Å². The fourth-order valence-corrected chi connectivity index (χ4v) is 5.74. The van der Waals surface area contributed by atoms with Gasteiger partial charge < -0.3 is 0 Å². The largest absolute Gasteiger partial charge is 0.240 e. The third-order valence-corrected chi connectivity index (χ3v) is 8.21. The van der Waals surface area contributed by atoms with Gasteiger partial charge in [0.15, 0.2) is 12.4 Å². The smallest absolute Gasteiger partial charge is 0.0968 e. The van der Waals surface area contributed by atoms with Crippen LogP contribution in [0.25, 0.3) is 0 Å². The van der Waals surface area contributed by atoms with Gasteiger partial charge in [-0.15, -0.1) is 0 Å². The van der Waals surface area contributed by atoms with Crippen molar-refractivity contribution in [3.05, 3.63) is 6.17 Å². The van der Waals surface area contributed by atoms with Crippen LogP contribution in [0.5, 0.6) is 0 Å². The zero-order valence-electron chi connectivity index (χ0n) is 24.9. The Morgan fingerprint density at radius 3 is 1.08 bits per heavy atom. The normalized spacial score (nSPS) is 13.8. The van der Waals surface area contributed by atoms with Crippen LogP contribution in [-0.4, -0.2) is 12.4 Å². The number of aliphatic imine (C=N–C) groups is 2. The standard InChI is InChI=1S/C34H65N2/c1-3-5-7-9-11-13-14-15-16-17-19-21-24-28-33(27-23-20-18-12-10-8-6-4-2)29-25-22-26-30-34-35-31-32-36-34/h31-33H,3-30H2,1-2H3/q+1. The van der Waals surface area contributed by atoms with Crippen LogP contribution in [0.4, 0.5) is 0 Å². The highest BCUT2D eigenvalue weighted by Crippen LogP contribution is 2.25. The predicted molar refractivity (Wildman–Crippen MR) is 164 cm³/mol. The predicted octanol–water partition coefficient (Wildman–Crippen LogP) is 12.2. The maximum atomic E-state index is 4.32. The second kappa shape index (κ2) is 27.3. The van der Waals surface area contributed by atoms with Crippen molar-refractivity contribution in [2.45, 2.75) is 194 Å². The quantitative estimate of drug-likeness (QED) is 0.0719. The van der Waals surface area contributed by atoms with E-state index in [0.717, 1.165) is 18.5 Å². The summed E-state index contributed by atoms with van der Waals surface area (Å²) < 4.78 is 0. The van der Waals surface area contributed by atoms with E-state index >= 15 is 0 Å². The first-order valence-corrected chi connectivity index (χ1v) is 16.8. The number of hydrogen-bond donors (Lipinski definition) is 0. The Morgan fingerprint density at radius 1 is 0.417 bits per heavy atom. The summed E-state index contributed by atoms with van der Waals surface area (Å²) in [6.07, 6.45) is 44.8. The Hall–Kier alpha value is -0.790. The molecule has 0 spiro atoms. The third kappa shape index (κ3) is 22.4. The molecule has 0 aliphatic carbocycles. The minimum Gasteiger partial charge on any atom is -0.0968 e. The lowest BCUT2D eigenvalue weighted by molar-refractivity contribution is 0.366. The molecule has 0 aromatic heterocycles. The topological polar surface area (TPSA) is 24.7 Å². The molecule has 0 N–H and O–H groups in total. The summed E-state index contributed by atoms with van der Waals surface area (Å²) in [5.74, 6) is 0.980. The lowest BCUT2D eigenvalue weighted by Crippen LogP contribution is -2.02. The van der Waals surface area contributed by atoms with Gasteiger partial charge in [-0.25, -0.2) is 0 Å². The van der Waals surface area contributed by atoms with Gasteiger partial charge in [0.05, 0.1) is 6.42 Å². The molecule has 1 aliphatic heterocycles. The zero-order chi connectivity index (χ0) is 25.8. The van der Waals surface area contributed by atoms with Gasteiger partial charge >= 0.3 is 0 Å². The monoisotopic (exact) mass is 502 g/mol. The van der Waals surface area contributed by atoms with Gasteiger partial charge in [-0.2, -0.15) is 0 Å². The van der Waals surface area contributed by atoms with E-state index in [1.807, 2.05) is 12.4 Å². The summed E-state index contributed by atoms with van der Waals surface area (Å²) in [7, 11) is 0. The van der Waals surface area contributed by atoms with Gasteiger partial charge in [0.2, 0.25) is 6.17 Å². The van der Waals surface area contributed by atoms with Crippen molar-refractivity contribution in [1.29, 1.82) is 0 Å². The average Bonchev–Trinajstić information content (AvgIpc) is 3.41. The van der Waals surface area contributed by atoms with Gasteiger partial charge in [0.1, 0.15) is 0 Å². The van der Waals surface area contributed by atoms with Crippen molar-refractivity contribution in [1.82, 2.24) is 0 Å². The summed E-state index contributed by atoms with van der Waals surface area (Å²) in [5, 5.41) is 0. The second-order valence-corrected chi connectivity index (χ2v) is 11.7. The first-order valence-electron chi connectivity index (χ1n) is 16.8. The van der Waals surface area contributed by atoms with E-state index in [-0.39, 0.29) is 0 Å². The van der Waals surface area contributed by atoms with Crippen LogP contribution in [0, 0.1) is 12.1 Å². The van der Waals surface area contributed by atoms with Crippen molar-refractivity contribution in [2.75, 3.05) is 0 Å². The highest BCUT2D eigenvalue weighted by atomic mass is 15.0. The molecule has 1 rings (SSSR count). The SMILES string of the molecule is CCCCCCCCCCCCCCCC(CCCCCCCCCC)CCCCC[C+]1N=CC=N1. The van der Waals surface area contributed by atoms with Crippen molar-refractivity contribution >= 4 is 12.4 Å². The molecule has 0 fully saturated rings. The third-order valence-electron chi connectivity index (χ3n) is 8.21. The highest BCUT2D eigenvalue weighted by Gasteiger charge is 2.15. The zero-order valence-corrected chi connectivity index (χ0v) is 24.9. The average molecular weight is 502 g/mol. The molecule has 2 heteroatoms. The molecule has 1 unspecified atom stereocenters. The Bertz CT molecular complexity index is 472. The van der Waals surface area contributed by atoms with Crippen molar-refractivity contribution in [2.24, 2.45) is 15.9 Å². The van der Waals surface area contributed by atoms with E-state index in [1.54, 1.807) is 0 Å². The minimum absolute atomic E-state index is 0.980. The lowest BCUT2D eigenvalue weighted by Gasteiger charge is -2.17. The molecule has 1 heterocycles. The van der Waals surface area contributed by atoms with Crippen LogP contribution in [0.15, 0.2) is 9.98 Å². The maximum Gasteiger partial charge on any atom is 0.240 e. The number of rotatable bonds is 29. The van der Waals surface area contributed by atoms with E-state index in [4.69, 9.17) is 0 Å². The molecule has 0 aromatic carbocycles.